The molecule has 1 rings (SSSR count). The van der Waals surface area contributed by atoms with Crippen LogP contribution in [0.4, 0.5) is 0 Å². The standard InChI is InChI=1S/C11H24N2O/c1-11(2,3)10(4-5-14)13-9-6-8(12)7-9/h8-10,13-14H,4-7,12H2,1-3H3. The minimum atomic E-state index is 0.211. The quantitative estimate of drug-likeness (QED) is 0.631. The van der Waals surface area contributed by atoms with Crippen LogP contribution in [0.15, 0.2) is 0 Å². The fourth-order valence-electron chi connectivity index (χ4n) is 1.98. The summed E-state index contributed by atoms with van der Waals surface area (Å²) < 4.78 is 0. The van der Waals surface area contributed by atoms with Gasteiger partial charge in [0.2, 0.25) is 0 Å². The highest BCUT2D eigenvalue weighted by molar-refractivity contribution is 4.92. The van der Waals surface area contributed by atoms with Crippen LogP contribution < -0.4 is 11.1 Å². The summed E-state index contributed by atoms with van der Waals surface area (Å²) in [4.78, 5) is 0. The highest BCUT2D eigenvalue weighted by atomic mass is 16.3. The van der Waals surface area contributed by atoms with Crippen molar-refractivity contribution in [2.75, 3.05) is 6.61 Å². The van der Waals surface area contributed by atoms with Gasteiger partial charge in [-0.3, -0.25) is 0 Å². The second-order valence-electron chi connectivity index (χ2n) is 5.53. The molecule has 3 heteroatoms. The van der Waals surface area contributed by atoms with Crippen molar-refractivity contribution in [1.29, 1.82) is 0 Å². The monoisotopic (exact) mass is 200 g/mol. The van der Waals surface area contributed by atoms with E-state index in [-0.39, 0.29) is 12.0 Å². The Balaban J connectivity index is 2.36. The normalized spacial score (nSPS) is 29.8. The summed E-state index contributed by atoms with van der Waals surface area (Å²) in [6, 6.07) is 1.35. The third-order valence-electron chi connectivity index (χ3n) is 3.07. The molecule has 14 heavy (non-hydrogen) atoms. The predicted molar refractivity (Wildman–Crippen MR) is 59.1 cm³/mol. The number of rotatable bonds is 4. The molecule has 0 amide bonds. The van der Waals surface area contributed by atoms with Gasteiger partial charge >= 0.3 is 0 Å². The Bertz CT molecular complexity index is 171. The lowest BCUT2D eigenvalue weighted by Gasteiger charge is -2.40. The molecule has 1 atom stereocenters. The van der Waals surface area contributed by atoms with Gasteiger partial charge in [0.15, 0.2) is 0 Å². The summed E-state index contributed by atoms with van der Waals surface area (Å²) in [7, 11) is 0. The zero-order valence-electron chi connectivity index (χ0n) is 9.59. The van der Waals surface area contributed by atoms with Gasteiger partial charge in [0.05, 0.1) is 0 Å². The predicted octanol–water partition coefficient (Wildman–Crippen LogP) is 0.863. The minimum absolute atomic E-state index is 0.211. The van der Waals surface area contributed by atoms with Crippen LogP contribution in [-0.4, -0.2) is 29.8 Å². The van der Waals surface area contributed by atoms with Gasteiger partial charge in [-0.15, -0.1) is 0 Å². The van der Waals surface area contributed by atoms with Gasteiger partial charge in [-0.05, 0) is 24.7 Å². The molecular weight excluding hydrogens is 176 g/mol. The Morgan fingerprint density at radius 2 is 2.00 bits per heavy atom. The van der Waals surface area contributed by atoms with Crippen molar-refractivity contribution in [2.45, 2.75) is 58.2 Å². The zero-order valence-corrected chi connectivity index (χ0v) is 9.59. The van der Waals surface area contributed by atoms with Crippen LogP contribution in [0.3, 0.4) is 0 Å². The number of hydrogen-bond acceptors (Lipinski definition) is 3. The maximum absolute atomic E-state index is 8.99. The van der Waals surface area contributed by atoms with Gasteiger partial charge in [-0.2, -0.15) is 0 Å². The van der Waals surface area contributed by atoms with E-state index in [0.29, 0.717) is 18.1 Å². The van der Waals surface area contributed by atoms with Crippen molar-refractivity contribution in [1.82, 2.24) is 5.32 Å². The second kappa shape index (κ2) is 4.60. The van der Waals surface area contributed by atoms with Crippen LogP contribution in [0.1, 0.15) is 40.0 Å². The van der Waals surface area contributed by atoms with E-state index in [1.54, 1.807) is 0 Å². The molecule has 1 aliphatic rings. The van der Waals surface area contributed by atoms with Crippen LogP contribution in [-0.2, 0) is 0 Å². The highest BCUT2D eigenvalue weighted by Crippen LogP contribution is 2.26. The average Bonchev–Trinajstić information content (AvgIpc) is 1.98. The van der Waals surface area contributed by atoms with Crippen molar-refractivity contribution in [3.8, 4) is 0 Å². The first-order valence-corrected chi connectivity index (χ1v) is 5.56. The summed E-state index contributed by atoms with van der Waals surface area (Å²) in [5.74, 6) is 0. The fourth-order valence-corrected chi connectivity index (χ4v) is 1.98. The largest absolute Gasteiger partial charge is 0.396 e. The molecule has 0 saturated heterocycles. The van der Waals surface area contributed by atoms with E-state index in [1.807, 2.05) is 0 Å². The second-order valence-corrected chi connectivity index (χ2v) is 5.53. The van der Waals surface area contributed by atoms with Crippen LogP contribution in [0.5, 0.6) is 0 Å². The Labute approximate surface area is 87.1 Å². The molecule has 0 radical (unpaired) electrons. The molecule has 0 heterocycles. The SMILES string of the molecule is CC(C)(C)C(CCO)NC1CC(N)C1. The molecule has 1 saturated carbocycles. The van der Waals surface area contributed by atoms with Crippen molar-refractivity contribution < 1.29 is 5.11 Å². The van der Waals surface area contributed by atoms with E-state index in [4.69, 9.17) is 10.8 Å². The smallest absolute Gasteiger partial charge is 0.0446 e. The fraction of sp³-hybridized carbons (Fsp3) is 1.00. The lowest BCUT2D eigenvalue weighted by atomic mass is 9.81. The molecule has 0 aromatic carbocycles. The number of hydrogen-bond donors (Lipinski definition) is 3. The van der Waals surface area contributed by atoms with Crippen molar-refractivity contribution in [3.63, 3.8) is 0 Å². The van der Waals surface area contributed by atoms with Crippen LogP contribution in [0.25, 0.3) is 0 Å². The molecule has 0 spiro atoms. The van der Waals surface area contributed by atoms with Crippen LogP contribution >= 0.6 is 0 Å². The summed E-state index contributed by atoms with van der Waals surface area (Å²) in [5.41, 5.74) is 5.95. The summed E-state index contributed by atoms with van der Waals surface area (Å²) >= 11 is 0. The van der Waals surface area contributed by atoms with Gasteiger partial charge < -0.3 is 16.2 Å². The topological polar surface area (TPSA) is 58.3 Å². The summed E-state index contributed by atoms with van der Waals surface area (Å²) in [5, 5.41) is 12.6. The van der Waals surface area contributed by atoms with Crippen LogP contribution in [0.2, 0.25) is 0 Å². The first-order chi connectivity index (χ1) is 6.43. The Morgan fingerprint density at radius 1 is 1.43 bits per heavy atom. The lowest BCUT2D eigenvalue weighted by molar-refractivity contribution is 0.157. The molecule has 0 aromatic rings. The molecule has 1 unspecified atom stereocenters. The highest BCUT2D eigenvalue weighted by Gasteiger charge is 2.31. The van der Waals surface area contributed by atoms with E-state index < -0.39 is 0 Å². The molecule has 84 valence electrons. The molecule has 3 nitrogen and oxygen atoms in total. The lowest BCUT2D eigenvalue weighted by Crippen LogP contribution is -2.54. The number of nitrogens with two attached hydrogens (primary N) is 1. The average molecular weight is 200 g/mol. The molecule has 1 fully saturated rings. The van der Waals surface area contributed by atoms with Crippen LogP contribution in [0, 0.1) is 5.41 Å². The zero-order chi connectivity index (χ0) is 10.8. The first-order valence-electron chi connectivity index (χ1n) is 5.56. The first kappa shape index (κ1) is 12.0. The van der Waals surface area contributed by atoms with E-state index in [0.717, 1.165) is 19.3 Å². The number of nitrogens with one attached hydrogen (secondary N) is 1. The third kappa shape index (κ3) is 3.23. The van der Waals surface area contributed by atoms with E-state index in [1.165, 1.54) is 0 Å². The van der Waals surface area contributed by atoms with E-state index in [2.05, 4.69) is 26.1 Å². The Hall–Kier alpha value is -0.120. The van der Waals surface area contributed by atoms with E-state index in [9.17, 15) is 0 Å². The summed E-state index contributed by atoms with van der Waals surface area (Å²) in [6.45, 7) is 6.88. The van der Waals surface area contributed by atoms with Crippen molar-refractivity contribution >= 4 is 0 Å². The van der Waals surface area contributed by atoms with Gasteiger partial charge in [0, 0.05) is 24.7 Å². The molecule has 0 aromatic heterocycles. The van der Waals surface area contributed by atoms with Gasteiger partial charge in [0.25, 0.3) is 0 Å². The summed E-state index contributed by atoms with van der Waals surface area (Å²) in [6.07, 6.45) is 2.99. The maximum Gasteiger partial charge on any atom is 0.0446 e. The molecule has 0 aliphatic heterocycles. The molecule has 1 aliphatic carbocycles. The van der Waals surface area contributed by atoms with Gasteiger partial charge in [-0.1, -0.05) is 20.8 Å². The van der Waals surface area contributed by atoms with Crippen molar-refractivity contribution in [3.05, 3.63) is 0 Å². The van der Waals surface area contributed by atoms with Crippen molar-refractivity contribution in [2.24, 2.45) is 11.1 Å². The molecule has 0 bridgehead atoms. The Kier molecular flexibility index (Phi) is 3.93. The number of aliphatic hydroxyl groups is 1. The number of aliphatic hydroxyl groups excluding tert-OH is 1. The minimum Gasteiger partial charge on any atom is -0.396 e. The van der Waals surface area contributed by atoms with Gasteiger partial charge in [-0.25, -0.2) is 0 Å². The molecule has 4 N–H and O–H groups in total. The maximum atomic E-state index is 8.99. The molecular formula is C11H24N2O. The van der Waals surface area contributed by atoms with E-state index >= 15 is 0 Å². The Morgan fingerprint density at radius 3 is 2.36 bits per heavy atom. The van der Waals surface area contributed by atoms with Gasteiger partial charge in [0.1, 0.15) is 0 Å². The third-order valence-corrected chi connectivity index (χ3v) is 3.07.